The van der Waals surface area contributed by atoms with Crippen LogP contribution in [-0.2, 0) is 9.53 Å². The molecule has 0 aromatic heterocycles. The molecule has 4 atom stereocenters. The molecule has 4 bridgehead atoms. The topological polar surface area (TPSA) is 211 Å². The second-order valence-corrected chi connectivity index (χ2v) is 15.2. The van der Waals surface area contributed by atoms with Gasteiger partial charge < -0.3 is 46.2 Å². The maximum Gasteiger partial charge on any atom is 0.251 e. The number of carbonyl (C=O) groups excluding carboxylic acids is 2. The van der Waals surface area contributed by atoms with Gasteiger partial charge in [0.15, 0.2) is 17.5 Å². The number of benzene rings is 2. The van der Waals surface area contributed by atoms with E-state index in [1.807, 2.05) is 13.0 Å². The van der Waals surface area contributed by atoms with Gasteiger partial charge in [-0.15, -0.1) is 0 Å². The highest BCUT2D eigenvalue weighted by molar-refractivity contribution is 6.17. The Labute approximate surface area is 317 Å². The van der Waals surface area contributed by atoms with Crippen molar-refractivity contribution in [2.45, 2.75) is 110 Å². The minimum atomic E-state index is -1.07. The molecule has 3 unspecified atom stereocenters. The zero-order chi connectivity index (χ0) is 39.9. The third kappa shape index (κ3) is 9.31. The average molecular weight is 750 g/mol. The monoisotopic (exact) mass is 749 g/mol. The second-order valence-electron chi connectivity index (χ2n) is 15.2. The van der Waals surface area contributed by atoms with Crippen LogP contribution in [-0.4, -0.2) is 92.8 Å². The van der Waals surface area contributed by atoms with Gasteiger partial charge in [-0.3, -0.25) is 19.6 Å². The number of phenols is 3. The summed E-state index contributed by atoms with van der Waals surface area (Å²) >= 11 is 0. The number of hydrogen-bond acceptors (Lipinski definition) is 12. The predicted molar refractivity (Wildman–Crippen MR) is 209 cm³/mol. The lowest BCUT2D eigenvalue weighted by Gasteiger charge is -2.36. The smallest absolute Gasteiger partial charge is 0.251 e. The largest absolute Gasteiger partial charge is 0.507 e. The first-order valence-electron chi connectivity index (χ1n) is 19.0. The zero-order valence-corrected chi connectivity index (χ0v) is 32.7. The van der Waals surface area contributed by atoms with Crippen LogP contribution in [0, 0.1) is 18.8 Å². The fraction of sp³-hybridized carbons (Fsp3) is 0.561. The van der Waals surface area contributed by atoms with Crippen LogP contribution >= 0.6 is 0 Å². The summed E-state index contributed by atoms with van der Waals surface area (Å²) in [5, 5.41) is 55.5. The van der Waals surface area contributed by atoms with Crippen molar-refractivity contribution in [3.05, 3.63) is 58.0 Å². The molecule has 13 nitrogen and oxygen atoms in total. The normalized spacial score (nSPS) is 26.4. The van der Waals surface area contributed by atoms with Gasteiger partial charge in [0.2, 0.25) is 5.78 Å². The van der Waals surface area contributed by atoms with Crippen molar-refractivity contribution in [2.24, 2.45) is 27.6 Å². The fourth-order valence-electron chi connectivity index (χ4n) is 7.26. The molecule has 1 amide bonds. The third-order valence-corrected chi connectivity index (χ3v) is 10.5. The molecule has 1 saturated heterocycles. The number of fused-ring (bicyclic) bond motifs is 3. The number of nitrogens with one attached hydrogen (secondary N) is 1. The molecule has 1 fully saturated rings. The van der Waals surface area contributed by atoms with Gasteiger partial charge in [-0.1, -0.05) is 39.0 Å². The summed E-state index contributed by atoms with van der Waals surface area (Å²) in [6.07, 6.45) is 11.1. The lowest BCUT2D eigenvalue weighted by molar-refractivity contribution is -0.112. The number of likely N-dealkylation sites (tertiary alicyclic amines) is 1. The standard InChI is InChI=1S/C40H55N5O7.CH4O/c1-22(2)21-45-17-15-40(16-18-45)43-32-29-30-35(47)25(5)36(48)31(29)38(50)34(33(32)44-40)42-39(51)24(4)12-9-7-8-10-14-27(46)20-28(41)23(3)13-11-19-52-26(6)37(30)49;1-2/h7,9,11-12,19,22-23,26-28,46-48,50H,8,10,13-18,20-21,41H2,1-6H3,(H,42,51);2H,1H3/b9-7+,19-11+,24-12-;/t23-,26?,27?,28?;/m1./s1. The Balaban J connectivity index is 0.00000319. The average Bonchev–Trinajstić information content (AvgIpc) is 3.51. The molecule has 3 aliphatic rings. The number of ketones is 1. The number of carbonyl (C=O) groups is 2. The highest BCUT2D eigenvalue weighted by atomic mass is 16.5. The minimum absolute atomic E-state index is 0.0228. The van der Waals surface area contributed by atoms with E-state index in [2.05, 4.69) is 24.1 Å². The van der Waals surface area contributed by atoms with Crippen molar-refractivity contribution in [3.63, 3.8) is 0 Å². The minimum Gasteiger partial charge on any atom is -0.507 e. The van der Waals surface area contributed by atoms with Gasteiger partial charge in [0.25, 0.3) is 5.91 Å². The maximum atomic E-state index is 14.2. The van der Waals surface area contributed by atoms with Gasteiger partial charge in [-0.2, -0.15) is 0 Å². The second kappa shape index (κ2) is 18.4. The lowest BCUT2D eigenvalue weighted by Crippen LogP contribution is -2.43. The van der Waals surface area contributed by atoms with Crippen LogP contribution in [0.2, 0.25) is 0 Å². The Bertz CT molecular complexity index is 1910. The summed E-state index contributed by atoms with van der Waals surface area (Å²) < 4.78 is 5.84. The molecule has 3 aliphatic heterocycles. The van der Waals surface area contributed by atoms with E-state index in [-0.39, 0.29) is 50.3 Å². The van der Waals surface area contributed by atoms with E-state index in [9.17, 15) is 30.0 Å². The van der Waals surface area contributed by atoms with E-state index < -0.39 is 46.8 Å². The molecule has 13 heteroatoms. The van der Waals surface area contributed by atoms with Crippen molar-refractivity contribution in [1.29, 1.82) is 0 Å². The molecule has 296 valence electrons. The molecule has 3 heterocycles. The summed E-state index contributed by atoms with van der Waals surface area (Å²) in [6, 6.07) is -0.244. The number of rotatable bonds is 2. The Kier molecular flexibility index (Phi) is 14.4. The number of phenolic OH excluding ortho intramolecular Hbond substituents is 3. The highest BCUT2D eigenvalue weighted by Crippen LogP contribution is 2.45. The SMILES string of the molecule is C/C1=C/C=C/CCCC(O)CC(N)[C@H](C)C/C=C/OC(C)C(=O)c2c(O)c(C)c(O)c3c(O)c(c4c(c23)=NC2(CCN(CC(C)C)CC2)N=4)NC1=O.CO. The molecule has 2 aromatic carbocycles. The van der Waals surface area contributed by atoms with E-state index >= 15 is 0 Å². The maximum absolute atomic E-state index is 14.2. The summed E-state index contributed by atoms with van der Waals surface area (Å²) in [7, 11) is 1.00. The van der Waals surface area contributed by atoms with Crippen LogP contribution in [0.25, 0.3) is 10.8 Å². The van der Waals surface area contributed by atoms with Crippen molar-refractivity contribution in [1.82, 2.24) is 4.90 Å². The van der Waals surface area contributed by atoms with Crippen LogP contribution in [0.15, 0.2) is 46.1 Å². The molecule has 54 heavy (non-hydrogen) atoms. The number of piperidine rings is 1. The summed E-state index contributed by atoms with van der Waals surface area (Å²) in [5.74, 6) is -1.96. The molecule has 0 aliphatic carbocycles. The Morgan fingerprint density at radius 3 is 2.33 bits per heavy atom. The van der Waals surface area contributed by atoms with Gasteiger partial charge in [-0.25, -0.2) is 0 Å². The number of anilines is 1. The van der Waals surface area contributed by atoms with Crippen LogP contribution < -0.4 is 21.8 Å². The molecule has 5 rings (SSSR count). The third-order valence-electron chi connectivity index (χ3n) is 10.5. The highest BCUT2D eigenvalue weighted by Gasteiger charge is 2.39. The number of aromatic hydroxyl groups is 3. The number of nitrogens with zero attached hydrogens (tertiary/aromatic N) is 3. The molecule has 1 spiro atoms. The summed E-state index contributed by atoms with van der Waals surface area (Å²) in [4.78, 5) is 40.3. The fourth-order valence-corrected chi connectivity index (χ4v) is 7.26. The first-order chi connectivity index (χ1) is 25.6. The van der Waals surface area contributed by atoms with Crippen molar-refractivity contribution in [2.75, 3.05) is 32.1 Å². The summed E-state index contributed by atoms with van der Waals surface area (Å²) in [6.45, 7) is 13.3. The number of aliphatic hydroxyl groups excluding tert-OH is 2. The van der Waals surface area contributed by atoms with Crippen molar-refractivity contribution >= 4 is 28.2 Å². The van der Waals surface area contributed by atoms with Crippen LogP contribution in [0.4, 0.5) is 5.69 Å². The summed E-state index contributed by atoms with van der Waals surface area (Å²) in [5.41, 5.74) is 5.60. The Hall–Kier alpha value is -4.30. The Morgan fingerprint density at radius 2 is 1.67 bits per heavy atom. The van der Waals surface area contributed by atoms with Gasteiger partial charge in [0.1, 0.15) is 22.5 Å². The van der Waals surface area contributed by atoms with Gasteiger partial charge in [-0.05, 0) is 70.8 Å². The first-order valence-corrected chi connectivity index (χ1v) is 19.0. The van der Waals surface area contributed by atoms with Crippen LogP contribution in [0.3, 0.4) is 0 Å². The van der Waals surface area contributed by atoms with E-state index in [0.29, 0.717) is 50.0 Å². The quantitative estimate of drug-likeness (QED) is 0.215. The number of amides is 1. The van der Waals surface area contributed by atoms with Gasteiger partial charge >= 0.3 is 0 Å². The lowest BCUT2D eigenvalue weighted by atomic mass is 9.92. The van der Waals surface area contributed by atoms with E-state index in [0.717, 1.165) is 33.2 Å². The van der Waals surface area contributed by atoms with Gasteiger partial charge in [0.05, 0.1) is 28.7 Å². The predicted octanol–water partition coefficient (Wildman–Crippen LogP) is 4.41. The number of Topliss-reactive ketones (excluding diaryl/α,β-unsaturated/α-hetero) is 1. The van der Waals surface area contributed by atoms with Crippen molar-refractivity contribution < 1.29 is 39.9 Å². The number of aliphatic hydroxyl groups is 2. The Morgan fingerprint density at radius 1 is 1.00 bits per heavy atom. The van der Waals surface area contributed by atoms with Crippen LogP contribution in [0.5, 0.6) is 17.2 Å². The molecular formula is C41H59N5O8. The van der Waals surface area contributed by atoms with Gasteiger partial charge in [0, 0.05) is 62.2 Å². The molecule has 0 radical (unpaired) electrons. The molecule has 2 aromatic rings. The first kappa shape index (κ1) is 42.4. The van der Waals surface area contributed by atoms with Crippen LogP contribution in [0.1, 0.15) is 95.5 Å². The number of ether oxygens (including phenoxy) is 1. The van der Waals surface area contributed by atoms with Crippen molar-refractivity contribution in [3.8, 4) is 17.2 Å². The van der Waals surface area contributed by atoms with E-state index in [1.165, 1.54) is 13.2 Å². The van der Waals surface area contributed by atoms with E-state index in [1.54, 1.807) is 32.1 Å². The number of hydrogen-bond donors (Lipinski definition) is 7. The molecular weight excluding hydrogens is 690 g/mol. The molecule has 0 saturated carbocycles. The number of allylic oxidation sites excluding steroid dienone is 4. The zero-order valence-electron chi connectivity index (χ0n) is 32.7. The number of nitrogens with two attached hydrogens (primary N) is 1. The molecule has 8 N–H and O–H groups in total. The van der Waals surface area contributed by atoms with E-state index in [4.69, 9.17) is 25.6 Å².